The molecule has 132 valence electrons. The summed E-state index contributed by atoms with van der Waals surface area (Å²) in [5.74, 6) is -0.0268. The lowest BCUT2D eigenvalue weighted by Crippen LogP contribution is -2.39. The number of carbonyl (C=O) groups is 2. The van der Waals surface area contributed by atoms with Gasteiger partial charge in [0.25, 0.3) is 11.8 Å². The van der Waals surface area contributed by atoms with E-state index >= 15 is 0 Å². The Hall–Kier alpha value is -3.22. The Bertz CT molecular complexity index is 920. The molecule has 26 heavy (non-hydrogen) atoms. The fourth-order valence-corrected chi connectivity index (χ4v) is 3.46. The van der Waals surface area contributed by atoms with Gasteiger partial charge in [-0.2, -0.15) is 5.11 Å². The Kier molecular flexibility index (Phi) is 3.72. The number of nitrogens with zero attached hydrogens (tertiary/aromatic N) is 4. The van der Waals surface area contributed by atoms with Gasteiger partial charge in [-0.15, -0.1) is 0 Å². The standard InChI is InChI=1S/C19H18N4O3/c1-11-7-12(2)9-14(8-11)22-18(24)16-17(19(22)25)23(21-20-16)13-5-4-6-15(10-13)26-3/h4-10,16-17H,1-3H3. The van der Waals surface area contributed by atoms with E-state index in [1.54, 1.807) is 31.4 Å². The van der Waals surface area contributed by atoms with Crippen molar-refractivity contribution in [2.75, 3.05) is 17.0 Å². The van der Waals surface area contributed by atoms with Crippen molar-refractivity contribution < 1.29 is 14.3 Å². The Labute approximate surface area is 150 Å². The molecule has 2 atom stereocenters. The Morgan fingerprint density at radius 1 is 0.962 bits per heavy atom. The normalized spacial score (nSPS) is 21.5. The molecule has 2 aromatic rings. The predicted octanol–water partition coefficient (Wildman–Crippen LogP) is 2.81. The van der Waals surface area contributed by atoms with Crippen LogP contribution in [0.4, 0.5) is 11.4 Å². The van der Waals surface area contributed by atoms with E-state index in [2.05, 4.69) is 10.3 Å². The maximum absolute atomic E-state index is 13.1. The first kappa shape index (κ1) is 16.3. The summed E-state index contributed by atoms with van der Waals surface area (Å²) in [4.78, 5) is 27.1. The number of benzene rings is 2. The monoisotopic (exact) mass is 350 g/mol. The van der Waals surface area contributed by atoms with Crippen LogP contribution < -0.4 is 14.6 Å². The van der Waals surface area contributed by atoms with Gasteiger partial charge in [-0.05, 0) is 49.2 Å². The topological polar surface area (TPSA) is 74.6 Å². The van der Waals surface area contributed by atoms with Gasteiger partial charge in [-0.1, -0.05) is 17.4 Å². The van der Waals surface area contributed by atoms with Gasteiger partial charge in [0.15, 0.2) is 12.1 Å². The molecule has 2 heterocycles. The second kappa shape index (κ2) is 5.94. The van der Waals surface area contributed by atoms with Gasteiger partial charge in [0, 0.05) is 6.07 Å². The van der Waals surface area contributed by atoms with E-state index in [0.29, 0.717) is 17.1 Å². The zero-order valence-corrected chi connectivity index (χ0v) is 14.7. The van der Waals surface area contributed by atoms with Gasteiger partial charge in [0.05, 0.1) is 18.5 Å². The summed E-state index contributed by atoms with van der Waals surface area (Å²) in [6, 6.07) is 11.2. The number of hydrogen-bond donors (Lipinski definition) is 0. The fourth-order valence-electron chi connectivity index (χ4n) is 3.46. The van der Waals surface area contributed by atoms with Crippen LogP contribution in [-0.2, 0) is 9.59 Å². The number of imide groups is 1. The summed E-state index contributed by atoms with van der Waals surface area (Å²) >= 11 is 0. The lowest BCUT2D eigenvalue weighted by atomic mass is 10.1. The average Bonchev–Trinajstić information content (AvgIpc) is 3.15. The van der Waals surface area contributed by atoms with E-state index in [4.69, 9.17) is 4.74 Å². The molecule has 0 saturated carbocycles. The summed E-state index contributed by atoms with van der Waals surface area (Å²) in [6.07, 6.45) is 0. The van der Waals surface area contributed by atoms with E-state index in [-0.39, 0.29) is 11.8 Å². The molecule has 0 N–H and O–H groups in total. The molecule has 2 aromatic carbocycles. The summed E-state index contributed by atoms with van der Waals surface area (Å²) in [5.41, 5.74) is 3.21. The Balaban J connectivity index is 1.71. The minimum absolute atomic E-state index is 0.321. The van der Waals surface area contributed by atoms with Gasteiger partial charge in [-0.3, -0.25) is 9.59 Å². The molecule has 0 radical (unpaired) electrons. The number of rotatable bonds is 3. The summed E-state index contributed by atoms with van der Waals surface area (Å²) in [6.45, 7) is 3.87. The third-order valence-electron chi connectivity index (χ3n) is 4.56. The number of aryl methyl sites for hydroxylation is 2. The van der Waals surface area contributed by atoms with Gasteiger partial charge >= 0.3 is 0 Å². The molecule has 0 bridgehead atoms. The van der Waals surface area contributed by atoms with Crippen molar-refractivity contribution in [2.45, 2.75) is 25.9 Å². The summed E-state index contributed by atoms with van der Waals surface area (Å²) in [5, 5.41) is 9.62. The molecule has 4 rings (SSSR count). The summed E-state index contributed by atoms with van der Waals surface area (Å²) in [7, 11) is 1.57. The lowest BCUT2D eigenvalue weighted by molar-refractivity contribution is -0.121. The van der Waals surface area contributed by atoms with Crippen LogP contribution in [0.15, 0.2) is 52.8 Å². The van der Waals surface area contributed by atoms with Crippen LogP contribution in [0, 0.1) is 13.8 Å². The molecule has 7 nitrogen and oxygen atoms in total. The van der Waals surface area contributed by atoms with Crippen LogP contribution in [0.5, 0.6) is 5.75 Å². The molecule has 2 amide bonds. The molecule has 1 fully saturated rings. The second-order valence-electron chi connectivity index (χ2n) is 6.50. The third-order valence-corrected chi connectivity index (χ3v) is 4.56. The zero-order chi connectivity index (χ0) is 18.4. The van der Waals surface area contributed by atoms with E-state index in [9.17, 15) is 9.59 Å². The van der Waals surface area contributed by atoms with Crippen LogP contribution >= 0.6 is 0 Å². The quantitative estimate of drug-likeness (QED) is 0.798. The molecule has 0 spiro atoms. The molecule has 1 saturated heterocycles. The summed E-state index contributed by atoms with van der Waals surface area (Å²) < 4.78 is 5.23. The van der Waals surface area contributed by atoms with Gasteiger partial charge in [0.1, 0.15) is 5.75 Å². The average molecular weight is 350 g/mol. The first-order valence-electron chi connectivity index (χ1n) is 8.30. The van der Waals surface area contributed by atoms with E-state index in [0.717, 1.165) is 11.1 Å². The Morgan fingerprint density at radius 3 is 2.38 bits per heavy atom. The molecular weight excluding hydrogens is 332 g/mol. The number of methoxy groups -OCH3 is 1. The van der Waals surface area contributed by atoms with Crippen LogP contribution in [-0.4, -0.2) is 31.0 Å². The minimum Gasteiger partial charge on any atom is -0.497 e. The molecule has 2 aliphatic rings. The highest BCUT2D eigenvalue weighted by atomic mass is 16.5. The van der Waals surface area contributed by atoms with Crippen LogP contribution in [0.3, 0.4) is 0 Å². The van der Waals surface area contributed by atoms with Crippen molar-refractivity contribution in [3.8, 4) is 5.75 Å². The van der Waals surface area contributed by atoms with E-state index in [1.807, 2.05) is 32.0 Å². The zero-order valence-electron chi connectivity index (χ0n) is 14.7. The third kappa shape index (κ3) is 2.44. The van der Waals surface area contributed by atoms with Gasteiger partial charge in [-0.25, -0.2) is 9.91 Å². The fraction of sp³-hybridized carbons (Fsp3) is 0.263. The number of amides is 2. The van der Waals surface area contributed by atoms with Crippen molar-refractivity contribution in [3.63, 3.8) is 0 Å². The van der Waals surface area contributed by atoms with Crippen LogP contribution in [0.1, 0.15) is 11.1 Å². The molecule has 0 aliphatic carbocycles. The molecule has 0 aromatic heterocycles. The number of hydrogen-bond acceptors (Lipinski definition) is 6. The van der Waals surface area contributed by atoms with Gasteiger partial charge < -0.3 is 4.74 Å². The molecule has 2 aliphatic heterocycles. The smallest absolute Gasteiger partial charge is 0.263 e. The minimum atomic E-state index is -0.825. The van der Waals surface area contributed by atoms with E-state index < -0.39 is 12.1 Å². The lowest BCUT2D eigenvalue weighted by Gasteiger charge is -2.21. The highest BCUT2D eigenvalue weighted by Gasteiger charge is 2.55. The predicted molar refractivity (Wildman–Crippen MR) is 96.3 cm³/mol. The molecule has 7 heteroatoms. The number of carbonyl (C=O) groups excluding carboxylic acids is 2. The first-order valence-corrected chi connectivity index (χ1v) is 8.30. The first-order chi connectivity index (χ1) is 12.5. The van der Waals surface area contributed by atoms with Crippen LogP contribution in [0.2, 0.25) is 0 Å². The maximum Gasteiger partial charge on any atom is 0.263 e. The van der Waals surface area contributed by atoms with Crippen molar-refractivity contribution in [2.24, 2.45) is 10.3 Å². The second-order valence-corrected chi connectivity index (χ2v) is 6.50. The maximum atomic E-state index is 13.1. The van der Waals surface area contributed by atoms with Crippen molar-refractivity contribution in [3.05, 3.63) is 53.6 Å². The van der Waals surface area contributed by atoms with Gasteiger partial charge in [0.2, 0.25) is 0 Å². The van der Waals surface area contributed by atoms with Crippen molar-refractivity contribution in [1.29, 1.82) is 0 Å². The molecule has 2 unspecified atom stereocenters. The van der Waals surface area contributed by atoms with Crippen molar-refractivity contribution in [1.82, 2.24) is 0 Å². The molecular formula is C19H18N4O3. The Morgan fingerprint density at radius 2 is 1.69 bits per heavy atom. The van der Waals surface area contributed by atoms with Crippen LogP contribution in [0.25, 0.3) is 0 Å². The van der Waals surface area contributed by atoms with E-state index in [1.165, 1.54) is 9.91 Å². The highest BCUT2D eigenvalue weighted by Crippen LogP contribution is 2.36. The SMILES string of the molecule is COc1cccc(N2N=NC3C(=O)N(c4cc(C)cc(C)c4)C(=O)C32)c1. The number of anilines is 2. The number of ether oxygens (including phenoxy) is 1. The van der Waals surface area contributed by atoms with Crippen molar-refractivity contribution >= 4 is 23.2 Å². The largest absolute Gasteiger partial charge is 0.497 e. The highest BCUT2D eigenvalue weighted by molar-refractivity contribution is 6.26. The number of fused-ring (bicyclic) bond motifs is 1.